The van der Waals surface area contributed by atoms with Gasteiger partial charge in [-0.25, -0.2) is 0 Å². The average molecular weight is 254 g/mol. The quantitative estimate of drug-likeness (QED) is 0.430. The van der Waals surface area contributed by atoms with Crippen molar-refractivity contribution in [3.05, 3.63) is 11.6 Å². The van der Waals surface area contributed by atoms with Gasteiger partial charge in [0.15, 0.2) is 5.41 Å². The molecule has 0 unspecified atom stereocenters. The van der Waals surface area contributed by atoms with Crippen molar-refractivity contribution in [1.29, 1.82) is 0 Å². The maximum Gasteiger partial charge on any atom is 0.327 e. The Morgan fingerprint density at radius 1 is 1.11 bits per heavy atom. The smallest absolute Gasteiger partial charge is 0.327 e. The summed E-state index contributed by atoms with van der Waals surface area (Å²) in [6.45, 7) is 5.56. The number of carbonyl (C=O) groups excluding carboxylic acids is 2. The van der Waals surface area contributed by atoms with E-state index < -0.39 is 17.4 Å². The molecule has 1 aliphatic rings. The predicted octanol–water partition coefficient (Wildman–Crippen LogP) is 2.62. The number of allylic oxidation sites excluding steroid dienone is 1. The number of ether oxygens (including phenoxy) is 2. The Labute approximate surface area is 108 Å². The van der Waals surface area contributed by atoms with Gasteiger partial charge in [0.05, 0.1) is 13.2 Å². The van der Waals surface area contributed by atoms with Crippen LogP contribution in [0.25, 0.3) is 0 Å². The average Bonchev–Trinajstić information content (AvgIpc) is 2.82. The first-order chi connectivity index (χ1) is 8.54. The largest absolute Gasteiger partial charge is 0.465 e. The molecule has 0 radical (unpaired) electrons. The lowest BCUT2D eigenvalue weighted by atomic mass is 9.87. The van der Waals surface area contributed by atoms with Crippen molar-refractivity contribution in [1.82, 2.24) is 0 Å². The SMILES string of the molecule is CCOC(=O)C(C)(C=C1CCCC1)C(=O)OCC. The van der Waals surface area contributed by atoms with Gasteiger partial charge in [-0.15, -0.1) is 0 Å². The molecule has 0 spiro atoms. The molecule has 1 fully saturated rings. The normalized spacial score (nSPS) is 15.4. The minimum absolute atomic E-state index is 0.261. The van der Waals surface area contributed by atoms with E-state index in [9.17, 15) is 9.59 Å². The topological polar surface area (TPSA) is 52.6 Å². The minimum atomic E-state index is -1.30. The van der Waals surface area contributed by atoms with Gasteiger partial charge < -0.3 is 9.47 Å². The highest BCUT2D eigenvalue weighted by atomic mass is 16.6. The maximum atomic E-state index is 12.0. The van der Waals surface area contributed by atoms with Crippen LogP contribution in [0.5, 0.6) is 0 Å². The van der Waals surface area contributed by atoms with Crippen LogP contribution in [0.2, 0.25) is 0 Å². The molecule has 0 aromatic rings. The molecule has 1 saturated carbocycles. The van der Waals surface area contributed by atoms with Gasteiger partial charge in [-0.2, -0.15) is 0 Å². The monoisotopic (exact) mass is 254 g/mol. The summed E-state index contributed by atoms with van der Waals surface area (Å²) in [7, 11) is 0. The first kappa shape index (κ1) is 14.7. The van der Waals surface area contributed by atoms with E-state index in [-0.39, 0.29) is 13.2 Å². The Bertz CT molecular complexity index is 318. The van der Waals surface area contributed by atoms with E-state index in [1.807, 2.05) is 0 Å². The van der Waals surface area contributed by atoms with E-state index in [1.54, 1.807) is 26.8 Å². The lowest BCUT2D eigenvalue weighted by Gasteiger charge is -2.22. The second kappa shape index (κ2) is 6.57. The molecule has 4 heteroatoms. The number of rotatable bonds is 5. The van der Waals surface area contributed by atoms with Gasteiger partial charge in [-0.05, 0) is 46.5 Å². The molecule has 4 nitrogen and oxygen atoms in total. The van der Waals surface area contributed by atoms with Crippen molar-refractivity contribution >= 4 is 11.9 Å². The van der Waals surface area contributed by atoms with E-state index in [0.717, 1.165) is 31.3 Å². The second-order valence-electron chi connectivity index (χ2n) is 4.65. The first-order valence-electron chi connectivity index (χ1n) is 6.59. The molecular weight excluding hydrogens is 232 g/mol. The predicted molar refractivity (Wildman–Crippen MR) is 67.9 cm³/mol. The van der Waals surface area contributed by atoms with Crippen LogP contribution in [0.1, 0.15) is 46.5 Å². The fourth-order valence-electron chi connectivity index (χ4n) is 2.14. The van der Waals surface area contributed by atoms with Crippen molar-refractivity contribution in [2.24, 2.45) is 5.41 Å². The Balaban J connectivity index is 2.95. The molecule has 0 atom stereocenters. The molecule has 0 aromatic carbocycles. The standard InChI is InChI=1S/C14H22O4/c1-4-17-12(15)14(3,13(16)18-5-2)10-11-8-6-7-9-11/h10H,4-9H2,1-3H3. The van der Waals surface area contributed by atoms with Crippen LogP contribution in [0.3, 0.4) is 0 Å². The van der Waals surface area contributed by atoms with E-state index in [1.165, 1.54) is 0 Å². The van der Waals surface area contributed by atoms with Gasteiger partial charge >= 0.3 is 11.9 Å². The summed E-state index contributed by atoms with van der Waals surface area (Å²) in [5.74, 6) is -1.05. The molecule has 102 valence electrons. The summed E-state index contributed by atoms with van der Waals surface area (Å²) >= 11 is 0. The number of esters is 2. The highest BCUT2D eigenvalue weighted by Gasteiger charge is 2.42. The zero-order chi connectivity index (χ0) is 13.6. The van der Waals surface area contributed by atoms with Crippen molar-refractivity contribution in [2.75, 3.05) is 13.2 Å². The summed E-state index contributed by atoms with van der Waals surface area (Å²) in [5, 5.41) is 0. The summed E-state index contributed by atoms with van der Waals surface area (Å²) in [5.41, 5.74) is -0.148. The lowest BCUT2D eigenvalue weighted by Crippen LogP contribution is -2.38. The van der Waals surface area contributed by atoms with Crippen LogP contribution >= 0.6 is 0 Å². The summed E-state index contributed by atoms with van der Waals surface area (Å²) in [6.07, 6.45) is 5.89. The van der Waals surface area contributed by atoms with Crippen molar-refractivity contribution in [3.8, 4) is 0 Å². The van der Waals surface area contributed by atoms with Crippen LogP contribution in [0.4, 0.5) is 0 Å². The van der Waals surface area contributed by atoms with Crippen LogP contribution in [0.15, 0.2) is 11.6 Å². The summed E-state index contributed by atoms with van der Waals surface area (Å²) < 4.78 is 10.0. The van der Waals surface area contributed by atoms with E-state index in [4.69, 9.17) is 9.47 Å². The molecule has 1 rings (SSSR count). The third kappa shape index (κ3) is 3.34. The molecule has 0 heterocycles. The van der Waals surface area contributed by atoms with E-state index in [2.05, 4.69) is 0 Å². The Hall–Kier alpha value is -1.32. The molecule has 0 amide bonds. The fraction of sp³-hybridized carbons (Fsp3) is 0.714. The van der Waals surface area contributed by atoms with Crippen LogP contribution in [-0.4, -0.2) is 25.2 Å². The van der Waals surface area contributed by atoms with Crippen molar-refractivity contribution < 1.29 is 19.1 Å². The van der Waals surface area contributed by atoms with Gasteiger partial charge in [0.1, 0.15) is 0 Å². The maximum absolute atomic E-state index is 12.0. The zero-order valence-electron chi connectivity index (χ0n) is 11.5. The summed E-state index contributed by atoms with van der Waals surface area (Å²) in [4.78, 5) is 24.0. The number of hydrogen-bond acceptors (Lipinski definition) is 4. The molecule has 0 aliphatic heterocycles. The number of hydrogen-bond donors (Lipinski definition) is 0. The molecule has 0 aromatic heterocycles. The van der Waals surface area contributed by atoms with Gasteiger partial charge in [-0.3, -0.25) is 9.59 Å². The molecule has 0 N–H and O–H groups in total. The van der Waals surface area contributed by atoms with E-state index >= 15 is 0 Å². The van der Waals surface area contributed by atoms with Gasteiger partial charge in [0.2, 0.25) is 0 Å². The fourth-order valence-corrected chi connectivity index (χ4v) is 2.14. The molecule has 1 aliphatic carbocycles. The Kier molecular flexibility index (Phi) is 5.38. The van der Waals surface area contributed by atoms with Crippen molar-refractivity contribution in [3.63, 3.8) is 0 Å². The van der Waals surface area contributed by atoms with Gasteiger partial charge in [-0.1, -0.05) is 11.6 Å². The third-order valence-electron chi connectivity index (χ3n) is 3.14. The zero-order valence-corrected chi connectivity index (χ0v) is 11.5. The third-order valence-corrected chi connectivity index (χ3v) is 3.14. The Morgan fingerprint density at radius 3 is 1.94 bits per heavy atom. The highest BCUT2D eigenvalue weighted by Crippen LogP contribution is 2.31. The number of carbonyl (C=O) groups is 2. The second-order valence-corrected chi connectivity index (χ2v) is 4.65. The van der Waals surface area contributed by atoms with Crippen molar-refractivity contribution in [2.45, 2.75) is 46.5 Å². The van der Waals surface area contributed by atoms with Gasteiger partial charge in [0.25, 0.3) is 0 Å². The van der Waals surface area contributed by atoms with Crippen LogP contribution < -0.4 is 0 Å². The minimum Gasteiger partial charge on any atom is -0.465 e. The molecule has 18 heavy (non-hydrogen) atoms. The molecular formula is C14H22O4. The first-order valence-corrected chi connectivity index (χ1v) is 6.59. The molecule has 0 saturated heterocycles. The summed E-state index contributed by atoms with van der Waals surface area (Å²) in [6, 6.07) is 0. The molecule has 0 bridgehead atoms. The van der Waals surface area contributed by atoms with Crippen LogP contribution in [0, 0.1) is 5.41 Å². The van der Waals surface area contributed by atoms with Crippen LogP contribution in [-0.2, 0) is 19.1 Å². The Morgan fingerprint density at radius 2 is 1.56 bits per heavy atom. The van der Waals surface area contributed by atoms with E-state index in [0.29, 0.717) is 0 Å². The lowest BCUT2D eigenvalue weighted by molar-refractivity contribution is -0.166. The van der Waals surface area contributed by atoms with Gasteiger partial charge in [0, 0.05) is 0 Å². The highest BCUT2D eigenvalue weighted by molar-refractivity contribution is 6.02.